The van der Waals surface area contributed by atoms with Crippen LogP contribution in [-0.2, 0) is 0 Å². The first-order chi connectivity index (χ1) is 68.5. The first kappa shape index (κ1) is 75.2. The molecule has 6 nitrogen and oxygen atoms in total. The third kappa shape index (κ3) is 10.5. The van der Waals surface area contributed by atoms with Crippen LogP contribution in [0.1, 0.15) is 0 Å². The van der Waals surface area contributed by atoms with Gasteiger partial charge in [0.05, 0.1) is 66.2 Å². The van der Waals surface area contributed by atoms with E-state index in [2.05, 4.69) is 454 Å². The molecule has 0 unspecified atom stereocenters. The van der Waals surface area contributed by atoms with Crippen LogP contribution in [0.15, 0.2) is 470 Å². The molecule has 0 aliphatic rings. The molecule has 6 heteroatoms. The summed E-state index contributed by atoms with van der Waals surface area (Å²) in [5.74, 6) is 0. The van der Waals surface area contributed by atoms with E-state index in [1.807, 2.05) is 24.3 Å². The second-order valence-electron chi connectivity index (χ2n) is 37.4. The highest BCUT2D eigenvalue weighted by molar-refractivity contribution is 6.41. The van der Waals surface area contributed by atoms with Crippen molar-refractivity contribution in [2.75, 3.05) is 0 Å². The fourth-order valence-corrected chi connectivity index (χ4v) is 24.5. The molecule has 0 spiro atoms. The molecule has 0 N–H and O–H groups in total. The number of aromatic nitrogens is 4. The van der Waals surface area contributed by atoms with Crippen molar-refractivity contribution in [1.82, 2.24) is 17.6 Å². The zero-order chi connectivity index (χ0) is 89.8. The molecule has 138 heavy (non-hydrogen) atoms. The molecular formula is C132H76N4O2. The number of furan rings is 2. The Hall–Kier alpha value is -18.4. The Morgan fingerprint density at radius 1 is 0.116 bits per heavy atom. The average Bonchev–Trinajstić information content (AvgIpc) is 1.50. The van der Waals surface area contributed by atoms with Gasteiger partial charge < -0.3 is 26.4 Å². The van der Waals surface area contributed by atoms with Gasteiger partial charge in [0, 0.05) is 130 Å². The maximum absolute atomic E-state index is 6.24. The van der Waals surface area contributed by atoms with Crippen LogP contribution in [0.5, 0.6) is 0 Å². The van der Waals surface area contributed by atoms with Crippen molar-refractivity contribution < 1.29 is 8.83 Å². The summed E-state index contributed by atoms with van der Waals surface area (Å²) in [7, 11) is 0. The molecule has 0 atom stereocenters. The predicted octanol–water partition coefficient (Wildman–Crippen LogP) is 36.4. The van der Waals surface area contributed by atoms with Gasteiger partial charge >= 0.3 is 0 Å². The van der Waals surface area contributed by atoms with Crippen molar-refractivity contribution in [2.45, 2.75) is 0 Å². The molecule has 0 saturated carbocycles. The molecule has 0 saturated heterocycles. The number of hydrogen-bond acceptors (Lipinski definition) is 2. The lowest BCUT2D eigenvalue weighted by molar-refractivity contribution is 0.668. The van der Waals surface area contributed by atoms with Gasteiger partial charge in [0.15, 0.2) is 0 Å². The molecule has 0 amide bonds. The topological polar surface area (TPSA) is 43.9 Å². The maximum atomic E-state index is 6.24. The number of rotatable bonds is 10. The lowest BCUT2D eigenvalue weighted by Gasteiger charge is -2.16. The van der Waals surface area contributed by atoms with Crippen LogP contribution in [0.4, 0.5) is 0 Å². The van der Waals surface area contributed by atoms with Crippen LogP contribution in [-0.4, -0.2) is 17.6 Å². The molecule has 22 aromatic carbocycles. The molecule has 636 valence electrons. The number of hydrogen-bond donors (Lipinski definition) is 0. The van der Waals surface area contributed by atoms with Crippen LogP contribution in [0, 0.1) is 0 Å². The summed E-state index contributed by atoms with van der Waals surface area (Å²) in [6.45, 7) is 0. The van der Waals surface area contributed by atoms with Crippen LogP contribution in [0.25, 0.3) is 308 Å². The fraction of sp³-hybridized carbons (Fsp3) is 0. The Labute approximate surface area is 789 Å². The second-order valence-corrected chi connectivity index (χ2v) is 37.4. The largest absolute Gasteiger partial charge is 0.456 e. The molecule has 0 aliphatic heterocycles. The lowest BCUT2D eigenvalue weighted by atomic mass is 9.88. The van der Waals surface area contributed by atoms with E-state index < -0.39 is 0 Å². The molecule has 10 heterocycles. The Morgan fingerprint density at radius 2 is 0.341 bits per heavy atom. The second kappa shape index (κ2) is 28.6. The highest BCUT2D eigenvalue weighted by Crippen LogP contribution is 2.59. The van der Waals surface area contributed by atoms with E-state index in [-0.39, 0.29) is 0 Å². The van der Waals surface area contributed by atoms with Crippen molar-refractivity contribution >= 4 is 196 Å². The Morgan fingerprint density at radius 3 is 0.696 bits per heavy atom. The van der Waals surface area contributed by atoms with Gasteiger partial charge in [-0.25, -0.2) is 0 Å². The number of fused-ring (bicyclic) bond motifs is 30. The minimum absolute atomic E-state index is 0.908. The van der Waals surface area contributed by atoms with Gasteiger partial charge in [-0.3, -0.25) is 0 Å². The molecule has 32 rings (SSSR count). The third-order valence-electron chi connectivity index (χ3n) is 30.3. The van der Waals surface area contributed by atoms with E-state index in [1.165, 1.54) is 264 Å². The molecule has 0 aliphatic carbocycles. The normalized spacial score (nSPS) is 12.3. The summed E-state index contributed by atoms with van der Waals surface area (Å²) in [5.41, 5.74) is 42.7. The zero-order valence-electron chi connectivity index (χ0n) is 74.5. The van der Waals surface area contributed by atoms with Crippen molar-refractivity contribution in [3.8, 4) is 111 Å². The average molecular weight is 1750 g/mol. The van der Waals surface area contributed by atoms with Gasteiger partial charge in [0.2, 0.25) is 0 Å². The van der Waals surface area contributed by atoms with Crippen LogP contribution in [0.2, 0.25) is 0 Å². The predicted molar refractivity (Wildman–Crippen MR) is 580 cm³/mol. The molecule has 32 aromatic rings. The highest BCUT2D eigenvalue weighted by atomic mass is 16.3. The van der Waals surface area contributed by atoms with Crippen molar-refractivity contribution in [2.24, 2.45) is 0 Å². The van der Waals surface area contributed by atoms with Gasteiger partial charge in [-0.05, 0) is 186 Å². The Kier molecular flexibility index (Phi) is 15.6. The summed E-state index contributed by atoms with van der Waals surface area (Å²) in [6, 6.07) is 170. The summed E-state index contributed by atoms with van der Waals surface area (Å²) >= 11 is 0. The quantitative estimate of drug-likeness (QED) is 0.137. The monoisotopic (exact) mass is 1750 g/mol. The summed E-state index contributed by atoms with van der Waals surface area (Å²) < 4.78 is 22.9. The van der Waals surface area contributed by atoms with Gasteiger partial charge in [-0.2, -0.15) is 0 Å². The van der Waals surface area contributed by atoms with Crippen LogP contribution < -0.4 is 0 Å². The molecule has 10 aromatic heterocycles. The summed E-state index contributed by atoms with van der Waals surface area (Å²) in [4.78, 5) is 0. The van der Waals surface area contributed by atoms with Crippen molar-refractivity contribution in [1.29, 1.82) is 0 Å². The maximum Gasteiger partial charge on any atom is 0.135 e. The van der Waals surface area contributed by atoms with E-state index in [9.17, 15) is 0 Å². The Bertz CT molecular complexity index is 10100. The van der Waals surface area contributed by atoms with E-state index in [1.54, 1.807) is 0 Å². The number of benzene rings is 22. The van der Waals surface area contributed by atoms with Crippen LogP contribution in [0.3, 0.4) is 0 Å². The summed E-state index contributed by atoms with van der Waals surface area (Å²) in [6.07, 6.45) is 0. The highest BCUT2D eigenvalue weighted by Gasteiger charge is 2.35. The molecular weight excluding hydrogens is 1670 g/mol. The van der Waals surface area contributed by atoms with E-state index in [4.69, 9.17) is 8.83 Å². The first-order valence-electron chi connectivity index (χ1n) is 47.7. The first-order valence-corrected chi connectivity index (χ1v) is 47.7. The minimum Gasteiger partial charge on any atom is -0.456 e. The van der Waals surface area contributed by atoms with E-state index >= 15 is 0 Å². The molecule has 0 radical (unpaired) electrons. The fourth-order valence-electron chi connectivity index (χ4n) is 24.5. The van der Waals surface area contributed by atoms with Gasteiger partial charge in [0.1, 0.15) is 22.3 Å². The van der Waals surface area contributed by atoms with E-state index in [0.29, 0.717) is 0 Å². The number of nitrogens with zero attached hydrogens (tertiary/aromatic N) is 4. The van der Waals surface area contributed by atoms with Gasteiger partial charge in [-0.15, -0.1) is 0 Å². The minimum atomic E-state index is 0.908. The molecule has 0 bridgehead atoms. The SMILES string of the molecule is c1ccc(-c2c3c4cccc5c6cc(-c7ccc8oc9ccccc9c8c7)ccc6n(c3c(-c3ccccc3)c3c6cccc7c8cc(-c9ccc%10oc%11ccccc%11c%10c9)ccc8n(c23)c76)c54)cc1.c1ccc(-c2ccc(-c3cc4c5ccccc5n5c6c(-c7ccccc7)c7c8cc(-c9ccc(-c%10ccccc%10)cc9)cc9c%10ccccc%10n(c7c(-c7ccccc7)c6c(c3)c45)c98)cc2)cc1. The standard InChI is InChI=1S/C66H36N2O2.C66H40N2/c1-3-13-37(14-4-1)59-61-47-21-11-19-45-50-34-40(42-28-32-58-52(36-42)44-18-8-10-24-56(44)70-58)26-30-54(50)68(63(45)47)66(61)60(38-15-5-2-6-16-38)62-48-22-12-20-46-49-33-39(25-29-53(49)67(64(46)48)65(59)62)41-27-31-57-51(35-41)43-17-7-9-23-55(43)69-57;1-5-17-41(18-6-1)43-29-33-45(34-30-43)49-37-53-51-25-13-15-27-57(51)67-63(53)55(39-49)61-59(47-21-9-3-10-22-47)66-62(60(65(61)67)48-23-11-4-12-24-48)56-40-50(38-54-52-26-14-16-28-58(52)68(66)64(54)56)46-35-31-44(32-36-46)42-19-7-2-8-20-42/h1-36H;1-40H. The van der Waals surface area contributed by atoms with Gasteiger partial charge in [-0.1, -0.05) is 364 Å². The van der Waals surface area contributed by atoms with Gasteiger partial charge in [0.25, 0.3) is 0 Å². The number of para-hydroxylation sites is 6. The third-order valence-corrected chi connectivity index (χ3v) is 30.3. The van der Waals surface area contributed by atoms with Crippen molar-refractivity contribution in [3.63, 3.8) is 0 Å². The van der Waals surface area contributed by atoms with Crippen LogP contribution >= 0.6 is 0 Å². The Balaban J connectivity index is 0.000000128. The molecule has 0 fully saturated rings. The smallest absolute Gasteiger partial charge is 0.135 e. The van der Waals surface area contributed by atoms with Crippen molar-refractivity contribution in [3.05, 3.63) is 461 Å². The summed E-state index contributed by atoms with van der Waals surface area (Å²) in [5, 5.41) is 24.7. The lowest BCUT2D eigenvalue weighted by Crippen LogP contribution is -1.93. The zero-order valence-corrected chi connectivity index (χ0v) is 74.5. The van der Waals surface area contributed by atoms with E-state index in [0.717, 1.165) is 43.9 Å².